The number of anilines is 1. The molecule has 1 aliphatic rings. The van der Waals surface area contributed by atoms with Crippen LogP contribution in [0.25, 0.3) is 22.4 Å². The van der Waals surface area contributed by atoms with E-state index in [9.17, 15) is 4.79 Å². The molecule has 0 atom stereocenters. The van der Waals surface area contributed by atoms with Crippen molar-refractivity contribution in [3.63, 3.8) is 0 Å². The second kappa shape index (κ2) is 7.88. The molecule has 7 heteroatoms. The van der Waals surface area contributed by atoms with Gasteiger partial charge in [-0.15, -0.1) is 0 Å². The summed E-state index contributed by atoms with van der Waals surface area (Å²) < 4.78 is 7.33. The zero-order valence-corrected chi connectivity index (χ0v) is 16.1. The Bertz CT molecular complexity index is 974. The Morgan fingerprint density at radius 2 is 1.89 bits per heavy atom. The molecule has 0 radical (unpaired) electrons. The molecule has 0 spiro atoms. The van der Waals surface area contributed by atoms with Crippen molar-refractivity contribution in [3.8, 4) is 17.1 Å². The summed E-state index contributed by atoms with van der Waals surface area (Å²) in [5, 5.41) is 0. The Morgan fingerprint density at radius 1 is 1.14 bits per heavy atom. The summed E-state index contributed by atoms with van der Waals surface area (Å²) in [7, 11) is 1.65. The van der Waals surface area contributed by atoms with Crippen LogP contribution in [0.5, 0.6) is 5.75 Å². The van der Waals surface area contributed by atoms with Crippen LogP contribution < -0.4 is 15.4 Å². The van der Waals surface area contributed by atoms with Crippen molar-refractivity contribution in [2.75, 3.05) is 25.1 Å². The van der Waals surface area contributed by atoms with Crippen LogP contribution in [-0.4, -0.2) is 40.6 Å². The highest BCUT2D eigenvalue weighted by molar-refractivity contribution is 5.90. The molecule has 1 amide bonds. The van der Waals surface area contributed by atoms with Crippen molar-refractivity contribution in [1.82, 2.24) is 14.5 Å². The van der Waals surface area contributed by atoms with E-state index in [1.807, 2.05) is 36.5 Å². The number of methoxy groups -OCH3 is 1. The first-order valence-corrected chi connectivity index (χ1v) is 9.70. The summed E-state index contributed by atoms with van der Waals surface area (Å²) in [5.41, 5.74) is 8.23. The van der Waals surface area contributed by atoms with Crippen LogP contribution in [0.3, 0.4) is 0 Å². The number of nitrogens with zero attached hydrogens (tertiary/aromatic N) is 4. The smallest absolute Gasteiger partial charge is 0.219 e. The number of aryl methyl sites for hydroxylation is 1. The predicted molar refractivity (Wildman–Crippen MR) is 109 cm³/mol. The molecule has 146 valence electrons. The van der Waals surface area contributed by atoms with Crippen molar-refractivity contribution in [1.29, 1.82) is 0 Å². The molecule has 2 aromatic heterocycles. The van der Waals surface area contributed by atoms with Crippen LogP contribution in [0.4, 0.5) is 5.82 Å². The molecule has 4 rings (SSSR count). The summed E-state index contributed by atoms with van der Waals surface area (Å²) in [6.45, 7) is 2.48. The minimum absolute atomic E-state index is 0.260. The van der Waals surface area contributed by atoms with Gasteiger partial charge in [-0.05, 0) is 49.6 Å². The molecule has 2 N–H and O–H groups in total. The van der Waals surface area contributed by atoms with E-state index in [1.54, 1.807) is 7.11 Å². The second-order valence-electron chi connectivity index (χ2n) is 7.08. The highest BCUT2D eigenvalue weighted by Crippen LogP contribution is 2.31. The van der Waals surface area contributed by atoms with Gasteiger partial charge in [-0.3, -0.25) is 4.79 Å². The highest BCUT2D eigenvalue weighted by Gasteiger charge is 2.21. The van der Waals surface area contributed by atoms with Crippen molar-refractivity contribution < 1.29 is 9.53 Å². The number of primary amides is 1. The van der Waals surface area contributed by atoms with E-state index in [2.05, 4.69) is 14.5 Å². The number of aromatic nitrogens is 3. The predicted octanol–water partition coefficient (Wildman–Crippen LogP) is 2.97. The van der Waals surface area contributed by atoms with E-state index in [1.165, 1.54) is 19.3 Å². The number of piperidine rings is 1. The average Bonchev–Trinajstić information content (AvgIpc) is 3.11. The first kappa shape index (κ1) is 18.3. The quantitative estimate of drug-likeness (QED) is 0.712. The number of rotatable bonds is 6. The van der Waals surface area contributed by atoms with Crippen LogP contribution in [0.15, 0.2) is 36.5 Å². The van der Waals surface area contributed by atoms with Crippen LogP contribution in [0.2, 0.25) is 0 Å². The molecule has 1 fully saturated rings. The number of carbonyl (C=O) groups excluding carboxylic acids is 1. The van der Waals surface area contributed by atoms with E-state index in [-0.39, 0.29) is 12.3 Å². The summed E-state index contributed by atoms with van der Waals surface area (Å²) in [6, 6.07) is 9.75. The maximum Gasteiger partial charge on any atom is 0.219 e. The third-order valence-electron chi connectivity index (χ3n) is 5.23. The molecule has 28 heavy (non-hydrogen) atoms. The fraction of sp³-hybridized carbons (Fsp3) is 0.381. The second-order valence-corrected chi connectivity index (χ2v) is 7.08. The van der Waals surface area contributed by atoms with Gasteiger partial charge in [0.15, 0.2) is 5.82 Å². The minimum Gasteiger partial charge on any atom is -0.497 e. The number of nitrogens with two attached hydrogens (primary N) is 1. The Hall–Kier alpha value is -3.09. The number of hydrogen-bond acceptors (Lipinski definition) is 5. The highest BCUT2D eigenvalue weighted by atomic mass is 16.5. The number of carbonyl (C=O) groups is 1. The first-order valence-electron chi connectivity index (χ1n) is 9.70. The zero-order chi connectivity index (χ0) is 19.5. The lowest BCUT2D eigenvalue weighted by atomic mass is 10.1. The molecule has 1 saturated heterocycles. The van der Waals surface area contributed by atoms with Gasteiger partial charge in [-0.1, -0.05) is 0 Å². The number of hydrogen-bond donors (Lipinski definition) is 1. The van der Waals surface area contributed by atoms with Gasteiger partial charge in [0, 0.05) is 37.8 Å². The third-order valence-corrected chi connectivity index (χ3v) is 5.23. The van der Waals surface area contributed by atoms with Crippen molar-refractivity contribution in [2.24, 2.45) is 5.73 Å². The van der Waals surface area contributed by atoms with E-state index < -0.39 is 0 Å². The molecule has 7 nitrogen and oxygen atoms in total. The van der Waals surface area contributed by atoms with E-state index in [0.29, 0.717) is 6.54 Å². The number of fused-ring (bicyclic) bond motifs is 1. The number of benzene rings is 1. The lowest BCUT2D eigenvalue weighted by Crippen LogP contribution is -2.30. The van der Waals surface area contributed by atoms with Crippen molar-refractivity contribution in [2.45, 2.75) is 32.2 Å². The zero-order valence-electron chi connectivity index (χ0n) is 16.1. The first-order chi connectivity index (χ1) is 13.7. The summed E-state index contributed by atoms with van der Waals surface area (Å²) in [5.74, 6) is 2.20. The largest absolute Gasteiger partial charge is 0.497 e. The minimum atomic E-state index is -0.326. The molecular formula is C21H25N5O2. The number of amides is 1. The average molecular weight is 379 g/mol. The molecular weight excluding hydrogens is 354 g/mol. The van der Waals surface area contributed by atoms with Crippen LogP contribution in [-0.2, 0) is 11.3 Å². The normalized spacial score (nSPS) is 14.4. The van der Waals surface area contributed by atoms with Gasteiger partial charge in [0.2, 0.25) is 5.91 Å². The van der Waals surface area contributed by atoms with Crippen LogP contribution in [0, 0.1) is 0 Å². The maximum atomic E-state index is 11.4. The molecule has 0 unspecified atom stereocenters. The molecule has 1 aliphatic heterocycles. The van der Waals surface area contributed by atoms with Crippen molar-refractivity contribution in [3.05, 3.63) is 36.5 Å². The SMILES string of the molecule is COc1ccc(-c2nc3c(N4CCCCC4)nccc3n2CCC(N)=O)cc1. The van der Waals surface area contributed by atoms with Crippen molar-refractivity contribution >= 4 is 22.8 Å². The van der Waals surface area contributed by atoms with E-state index in [4.69, 9.17) is 15.5 Å². The molecule has 3 heterocycles. The van der Waals surface area contributed by atoms with E-state index >= 15 is 0 Å². The van der Waals surface area contributed by atoms with Gasteiger partial charge in [-0.2, -0.15) is 0 Å². The van der Waals surface area contributed by atoms with E-state index in [0.717, 1.165) is 47.1 Å². The standard InChI is InChI=1S/C21H25N5O2/c1-28-16-7-5-15(6-8-16)20-24-19-17(26(20)14-10-18(22)27)9-11-23-21(19)25-12-3-2-4-13-25/h5-9,11H,2-4,10,12-14H2,1H3,(H2,22,27). The Morgan fingerprint density at radius 3 is 2.57 bits per heavy atom. The van der Waals surface area contributed by atoms with Crippen LogP contribution in [0.1, 0.15) is 25.7 Å². The van der Waals surface area contributed by atoms with Gasteiger partial charge in [0.25, 0.3) is 0 Å². The summed E-state index contributed by atoms with van der Waals surface area (Å²) in [6.07, 6.45) is 5.69. The maximum absolute atomic E-state index is 11.4. The molecule has 0 aliphatic carbocycles. The molecule has 0 bridgehead atoms. The number of ether oxygens (including phenoxy) is 1. The summed E-state index contributed by atoms with van der Waals surface area (Å²) in [4.78, 5) is 23.3. The Labute approximate surface area is 164 Å². The lowest BCUT2D eigenvalue weighted by Gasteiger charge is -2.27. The Balaban J connectivity index is 1.83. The molecule has 3 aromatic rings. The number of pyridine rings is 1. The Kier molecular flexibility index (Phi) is 5.14. The topological polar surface area (TPSA) is 86.3 Å². The third kappa shape index (κ3) is 3.52. The van der Waals surface area contributed by atoms with Crippen LogP contribution >= 0.6 is 0 Å². The summed E-state index contributed by atoms with van der Waals surface area (Å²) >= 11 is 0. The fourth-order valence-electron chi connectivity index (χ4n) is 3.78. The molecule has 1 aromatic carbocycles. The monoisotopic (exact) mass is 379 g/mol. The van der Waals surface area contributed by atoms with Gasteiger partial charge >= 0.3 is 0 Å². The number of imidazole rings is 1. The van der Waals surface area contributed by atoms with Gasteiger partial charge < -0.3 is 19.9 Å². The van der Waals surface area contributed by atoms with Gasteiger partial charge in [-0.25, -0.2) is 9.97 Å². The van der Waals surface area contributed by atoms with Gasteiger partial charge in [0.1, 0.15) is 17.1 Å². The molecule has 0 saturated carbocycles. The fourth-order valence-corrected chi connectivity index (χ4v) is 3.78. The lowest BCUT2D eigenvalue weighted by molar-refractivity contribution is -0.118. The van der Waals surface area contributed by atoms with Gasteiger partial charge in [0.05, 0.1) is 12.6 Å².